The number of benzene rings is 1. The Morgan fingerprint density at radius 2 is 2.11 bits per heavy atom. The van der Waals surface area contributed by atoms with Gasteiger partial charge in [-0.1, -0.05) is 53.9 Å². The molecule has 0 aromatic heterocycles. The number of hydrogen-bond acceptors (Lipinski definition) is 4. The molecule has 2 N–H and O–H groups in total. The fourth-order valence-electron chi connectivity index (χ4n) is 1.28. The molecule has 2 rings (SSSR count). The first kappa shape index (κ1) is 12.9. The molecule has 18 heavy (non-hydrogen) atoms. The molecule has 1 aromatic carbocycles. The second-order valence-electron chi connectivity index (χ2n) is 3.46. The van der Waals surface area contributed by atoms with Gasteiger partial charge in [-0.05, 0) is 11.6 Å². The highest BCUT2D eigenvalue weighted by molar-refractivity contribution is 8.41. The van der Waals surface area contributed by atoms with E-state index in [-0.39, 0.29) is 11.7 Å². The Morgan fingerprint density at radius 1 is 1.39 bits per heavy atom. The van der Waals surface area contributed by atoms with Gasteiger partial charge in [-0.25, -0.2) is 0 Å². The SMILES string of the molecule is NC(=O)CSC1=NC(=O)C(=Cc2ccccc2)S1. The predicted octanol–water partition coefficient (Wildman–Crippen LogP) is 1.88. The van der Waals surface area contributed by atoms with E-state index in [1.54, 1.807) is 6.08 Å². The molecule has 0 unspecified atom stereocenters. The first-order valence-corrected chi connectivity index (χ1v) is 6.94. The minimum atomic E-state index is -0.420. The van der Waals surface area contributed by atoms with Crippen LogP contribution in [0.25, 0.3) is 6.08 Å². The van der Waals surface area contributed by atoms with Crippen LogP contribution in [0.4, 0.5) is 0 Å². The van der Waals surface area contributed by atoms with Gasteiger partial charge in [0.25, 0.3) is 5.91 Å². The lowest BCUT2D eigenvalue weighted by molar-refractivity contribution is -0.115. The molecule has 0 radical (unpaired) electrons. The van der Waals surface area contributed by atoms with Crippen molar-refractivity contribution in [3.8, 4) is 0 Å². The van der Waals surface area contributed by atoms with Crippen LogP contribution >= 0.6 is 23.5 Å². The number of hydrogen-bond donors (Lipinski definition) is 1. The maximum absolute atomic E-state index is 11.6. The molecule has 4 nitrogen and oxygen atoms in total. The number of nitrogens with zero attached hydrogens (tertiary/aromatic N) is 1. The fourth-order valence-corrected chi connectivity index (χ4v) is 3.02. The van der Waals surface area contributed by atoms with E-state index in [2.05, 4.69) is 4.99 Å². The fraction of sp³-hybridized carbons (Fsp3) is 0.0833. The van der Waals surface area contributed by atoms with E-state index >= 15 is 0 Å². The Kier molecular flexibility index (Phi) is 4.22. The summed E-state index contributed by atoms with van der Waals surface area (Å²) in [6.07, 6.45) is 1.79. The Labute approximate surface area is 113 Å². The lowest BCUT2D eigenvalue weighted by Crippen LogP contribution is -2.13. The standard InChI is InChI=1S/C12H10N2O2S2/c13-10(15)7-17-12-14-11(16)9(18-12)6-8-4-2-1-3-5-8/h1-6H,7H2,(H2,13,15). The molecule has 2 amide bonds. The molecule has 0 saturated carbocycles. The topological polar surface area (TPSA) is 72.5 Å². The van der Waals surface area contributed by atoms with Gasteiger partial charge in [0.2, 0.25) is 5.91 Å². The van der Waals surface area contributed by atoms with Gasteiger partial charge in [0, 0.05) is 0 Å². The van der Waals surface area contributed by atoms with E-state index in [1.807, 2.05) is 30.3 Å². The molecule has 0 atom stereocenters. The van der Waals surface area contributed by atoms with Crippen LogP contribution in [-0.2, 0) is 9.59 Å². The van der Waals surface area contributed by atoms with E-state index in [0.717, 1.165) is 5.56 Å². The molecule has 1 heterocycles. The van der Waals surface area contributed by atoms with Crippen molar-refractivity contribution in [2.24, 2.45) is 10.7 Å². The molecule has 6 heteroatoms. The average Bonchev–Trinajstić information content (AvgIpc) is 2.69. The third kappa shape index (κ3) is 3.48. The van der Waals surface area contributed by atoms with E-state index in [1.165, 1.54) is 23.5 Å². The first-order chi connectivity index (χ1) is 8.65. The van der Waals surface area contributed by atoms with E-state index < -0.39 is 5.91 Å². The highest BCUT2D eigenvalue weighted by Gasteiger charge is 2.22. The number of thioether (sulfide) groups is 2. The van der Waals surface area contributed by atoms with E-state index in [9.17, 15) is 9.59 Å². The maximum atomic E-state index is 11.6. The minimum Gasteiger partial charge on any atom is -0.369 e. The summed E-state index contributed by atoms with van der Waals surface area (Å²) < 4.78 is 0.570. The molecule has 0 aliphatic carbocycles. The van der Waals surface area contributed by atoms with Gasteiger partial charge < -0.3 is 5.73 Å². The van der Waals surface area contributed by atoms with Crippen molar-refractivity contribution in [2.75, 3.05) is 5.75 Å². The summed E-state index contributed by atoms with van der Waals surface area (Å²) in [6.45, 7) is 0. The Bertz CT molecular complexity index is 538. The summed E-state index contributed by atoms with van der Waals surface area (Å²) in [5, 5.41) is 0. The lowest BCUT2D eigenvalue weighted by atomic mass is 10.2. The van der Waals surface area contributed by atoms with Crippen molar-refractivity contribution >= 4 is 45.8 Å². The molecule has 0 fully saturated rings. The molecule has 0 spiro atoms. The highest BCUT2D eigenvalue weighted by Crippen LogP contribution is 2.33. The average molecular weight is 278 g/mol. The van der Waals surface area contributed by atoms with Crippen molar-refractivity contribution in [1.82, 2.24) is 0 Å². The summed E-state index contributed by atoms with van der Waals surface area (Å²) in [4.78, 5) is 26.7. The van der Waals surface area contributed by atoms with Crippen LogP contribution in [0.3, 0.4) is 0 Å². The summed E-state index contributed by atoms with van der Waals surface area (Å²) in [5.41, 5.74) is 5.99. The predicted molar refractivity (Wildman–Crippen MR) is 76.1 cm³/mol. The third-order valence-corrected chi connectivity index (χ3v) is 4.19. The van der Waals surface area contributed by atoms with Gasteiger partial charge in [-0.3, -0.25) is 9.59 Å². The largest absolute Gasteiger partial charge is 0.369 e. The molecule has 92 valence electrons. The number of nitrogens with two attached hydrogens (primary N) is 1. The van der Waals surface area contributed by atoms with Crippen LogP contribution in [-0.4, -0.2) is 21.9 Å². The third-order valence-electron chi connectivity index (χ3n) is 2.04. The highest BCUT2D eigenvalue weighted by atomic mass is 32.2. The van der Waals surface area contributed by atoms with Crippen LogP contribution in [0.5, 0.6) is 0 Å². The first-order valence-electron chi connectivity index (χ1n) is 5.14. The van der Waals surface area contributed by atoms with Gasteiger partial charge in [-0.15, -0.1) is 0 Å². The van der Waals surface area contributed by atoms with Crippen LogP contribution in [0.15, 0.2) is 40.2 Å². The zero-order chi connectivity index (χ0) is 13.0. The number of aliphatic imine (C=N–C) groups is 1. The lowest BCUT2D eigenvalue weighted by Gasteiger charge is -1.96. The Hall–Kier alpha value is -1.53. The van der Waals surface area contributed by atoms with Gasteiger partial charge in [0.05, 0.1) is 10.7 Å². The van der Waals surface area contributed by atoms with Crippen molar-refractivity contribution in [3.63, 3.8) is 0 Å². The van der Waals surface area contributed by atoms with Crippen molar-refractivity contribution in [1.29, 1.82) is 0 Å². The Morgan fingerprint density at radius 3 is 2.78 bits per heavy atom. The minimum absolute atomic E-state index is 0.137. The van der Waals surface area contributed by atoms with Crippen LogP contribution in [0, 0.1) is 0 Å². The number of amides is 2. The molecule has 1 aliphatic heterocycles. The molecule has 0 saturated heterocycles. The molecule has 1 aliphatic rings. The molecular formula is C12H10N2O2S2. The molecule has 1 aromatic rings. The Balaban J connectivity index is 2.05. The number of primary amides is 1. The summed E-state index contributed by atoms with van der Waals surface area (Å²) in [7, 11) is 0. The summed E-state index contributed by atoms with van der Waals surface area (Å²) >= 11 is 2.46. The summed E-state index contributed by atoms with van der Waals surface area (Å²) in [6, 6.07) is 9.54. The summed E-state index contributed by atoms with van der Waals surface area (Å²) in [5.74, 6) is -0.551. The van der Waals surface area contributed by atoms with E-state index in [4.69, 9.17) is 5.73 Å². The number of carbonyl (C=O) groups excluding carboxylic acids is 2. The van der Waals surface area contributed by atoms with E-state index in [0.29, 0.717) is 9.28 Å². The van der Waals surface area contributed by atoms with Crippen molar-refractivity contribution in [2.45, 2.75) is 0 Å². The zero-order valence-electron chi connectivity index (χ0n) is 9.33. The second-order valence-corrected chi connectivity index (χ2v) is 5.71. The second kappa shape index (κ2) is 5.88. The van der Waals surface area contributed by atoms with Gasteiger partial charge >= 0.3 is 0 Å². The normalized spacial score (nSPS) is 17.0. The quantitative estimate of drug-likeness (QED) is 0.857. The number of carbonyl (C=O) groups is 2. The number of rotatable bonds is 3. The monoisotopic (exact) mass is 278 g/mol. The van der Waals surface area contributed by atoms with Crippen LogP contribution < -0.4 is 5.73 Å². The van der Waals surface area contributed by atoms with Crippen molar-refractivity contribution < 1.29 is 9.59 Å². The molecule has 0 bridgehead atoms. The zero-order valence-corrected chi connectivity index (χ0v) is 11.0. The van der Waals surface area contributed by atoms with Gasteiger partial charge in [-0.2, -0.15) is 4.99 Å². The van der Waals surface area contributed by atoms with Crippen LogP contribution in [0.1, 0.15) is 5.56 Å². The van der Waals surface area contributed by atoms with Gasteiger partial charge in [0.1, 0.15) is 4.38 Å². The maximum Gasteiger partial charge on any atom is 0.285 e. The van der Waals surface area contributed by atoms with Crippen molar-refractivity contribution in [3.05, 3.63) is 40.8 Å². The smallest absolute Gasteiger partial charge is 0.285 e. The molecular weight excluding hydrogens is 268 g/mol. The van der Waals surface area contributed by atoms with Crippen LogP contribution in [0.2, 0.25) is 0 Å². The van der Waals surface area contributed by atoms with Gasteiger partial charge in [0.15, 0.2) is 0 Å².